The minimum atomic E-state index is -0.630. The highest BCUT2D eigenvalue weighted by Crippen LogP contribution is 2.38. The number of nitro groups is 1. The number of carbonyl (C=O) groups is 1. The van der Waals surface area contributed by atoms with Gasteiger partial charge >= 0.3 is 0 Å². The third-order valence-electron chi connectivity index (χ3n) is 5.63. The summed E-state index contributed by atoms with van der Waals surface area (Å²) in [5, 5.41) is 28.7. The number of nitrogens with zero attached hydrogens (tertiary/aromatic N) is 2. The van der Waals surface area contributed by atoms with Crippen molar-refractivity contribution in [3.8, 4) is 0 Å². The van der Waals surface area contributed by atoms with Crippen molar-refractivity contribution in [3.63, 3.8) is 0 Å². The maximum atomic E-state index is 12.9. The fraction of sp³-hybridized carbons (Fsp3) is 0.360. The van der Waals surface area contributed by atoms with Crippen LogP contribution in [0.5, 0.6) is 0 Å². The number of carbonyl (C=O) groups excluding carboxylic acids is 1. The molecule has 0 radical (unpaired) electrons. The van der Waals surface area contributed by atoms with E-state index < -0.39 is 11.2 Å². The second kappa shape index (κ2) is 13.1. The van der Waals surface area contributed by atoms with Crippen LogP contribution in [0.4, 0.5) is 11.5 Å². The molecule has 0 unspecified atom stereocenters. The van der Waals surface area contributed by atoms with E-state index in [1.165, 1.54) is 23.0 Å². The fourth-order valence-corrected chi connectivity index (χ4v) is 4.90. The maximum absolute atomic E-state index is 12.9. The van der Waals surface area contributed by atoms with E-state index in [0.717, 1.165) is 10.9 Å². The van der Waals surface area contributed by atoms with Gasteiger partial charge in [0.25, 0.3) is 11.6 Å². The first-order valence-corrected chi connectivity index (χ1v) is 12.7. The van der Waals surface area contributed by atoms with Crippen LogP contribution >= 0.6 is 11.3 Å². The van der Waals surface area contributed by atoms with E-state index in [2.05, 4.69) is 33.1 Å². The van der Waals surface area contributed by atoms with E-state index in [9.17, 15) is 14.9 Å². The molecule has 0 saturated heterocycles. The Morgan fingerprint density at radius 3 is 2.86 bits per heavy atom. The van der Waals surface area contributed by atoms with E-state index in [0.29, 0.717) is 25.4 Å². The summed E-state index contributed by atoms with van der Waals surface area (Å²) < 4.78 is 18.1. The van der Waals surface area contributed by atoms with Crippen LogP contribution in [0.3, 0.4) is 0 Å². The number of hydrogen-bond acceptors (Lipinski definition) is 10. The molecule has 1 aromatic carbocycles. The highest BCUT2D eigenvalue weighted by Gasteiger charge is 2.30. The molecule has 4 rings (SSSR count). The Hall–Kier alpha value is -3.58. The van der Waals surface area contributed by atoms with Crippen LogP contribution in [-0.2, 0) is 19.0 Å². The lowest BCUT2D eigenvalue weighted by Crippen LogP contribution is -2.35. The van der Waals surface area contributed by atoms with Crippen molar-refractivity contribution in [2.75, 3.05) is 44.8 Å². The summed E-state index contributed by atoms with van der Waals surface area (Å²) in [6.45, 7) is 1.39. The highest BCUT2D eigenvalue weighted by molar-refractivity contribution is 7.17. The van der Waals surface area contributed by atoms with Crippen LogP contribution in [-0.4, -0.2) is 66.7 Å². The molecule has 1 aliphatic heterocycles. The summed E-state index contributed by atoms with van der Waals surface area (Å²) in [6.07, 6.45) is 2.92. The predicted octanol–water partition coefficient (Wildman–Crippen LogP) is 3.17. The Kier molecular flexibility index (Phi) is 9.38. The maximum Gasteiger partial charge on any atom is 0.287 e. The van der Waals surface area contributed by atoms with Crippen molar-refractivity contribution in [3.05, 3.63) is 75.5 Å². The number of aliphatic hydroxyl groups excluding tert-OH is 1. The summed E-state index contributed by atoms with van der Waals surface area (Å²) in [5.41, 5.74) is 1.02. The number of aliphatic hydroxyl groups is 1. The van der Waals surface area contributed by atoms with E-state index in [1.807, 2.05) is 18.2 Å². The van der Waals surface area contributed by atoms with Gasteiger partial charge in [-0.25, -0.2) is 4.98 Å². The number of hydrogen-bond donors (Lipinski definition) is 3. The smallest absolute Gasteiger partial charge is 0.287 e. The number of nitrogens with one attached hydrogen (secondary N) is 2. The van der Waals surface area contributed by atoms with Gasteiger partial charge in [-0.1, -0.05) is 18.2 Å². The fourth-order valence-electron chi connectivity index (χ4n) is 3.88. The third kappa shape index (κ3) is 7.23. The average molecular weight is 529 g/mol. The molecular formula is C25H28N4O7S. The predicted molar refractivity (Wildman–Crippen MR) is 138 cm³/mol. The molecule has 1 aliphatic rings. The molecule has 196 valence electrons. The van der Waals surface area contributed by atoms with E-state index in [4.69, 9.17) is 19.3 Å². The van der Waals surface area contributed by atoms with E-state index >= 15 is 0 Å². The van der Waals surface area contributed by atoms with Gasteiger partial charge in [-0.05, 0) is 34.5 Å². The number of rotatable bonds is 13. The standard InChI is InChI=1S/C25H28N4O7S/c30-9-10-34-11-12-35-24-14-17(20-16-37-22-4-2-1-3-19(20)22)13-21(36-24)25(31)27-8-7-26-23-6-5-18(15-28-23)29(32)33/h1-6,13,15-17,24,30H,7-12,14H2,(H,26,28)(H,27,31)/t17-,24+/m1/s1. The Bertz CT molecular complexity index is 1230. The quantitative estimate of drug-likeness (QED) is 0.173. The van der Waals surface area contributed by atoms with Gasteiger partial charge in [0.2, 0.25) is 6.29 Å². The summed E-state index contributed by atoms with van der Waals surface area (Å²) in [7, 11) is 0. The van der Waals surface area contributed by atoms with Crippen LogP contribution in [0.2, 0.25) is 0 Å². The number of allylic oxidation sites excluding steroid dienone is 1. The first-order chi connectivity index (χ1) is 18.0. The molecule has 0 aliphatic carbocycles. The topological polar surface area (TPSA) is 145 Å². The van der Waals surface area contributed by atoms with Crippen molar-refractivity contribution >= 4 is 38.8 Å². The van der Waals surface area contributed by atoms with Crippen LogP contribution in [0.25, 0.3) is 10.1 Å². The Morgan fingerprint density at radius 2 is 2.08 bits per heavy atom. The Balaban J connectivity index is 1.37. The summed E-state index contributed by atoms with van der Waals surface area (Å²) in [5.74, 6) is 0.208. The summed E-state index contributed by atoms with van der Waals surface area (Å²) in [4.78, 5) is 27.2. The van der Waals surface area contributed by atoms with Crippen LogP contribution in [0.1, 0.15) is 17.9 Å². The molecule has 0 fully saturated rings. The molecule has 3 heterocycles. The number of fused-ring (bicyclic) bond motifs is 1. The van der Waals surface area contributed by atoms with Gasteiger partial charge in [0.1, 0.15) is 12.0 Å². The number of amides is 1. The highest BCUT2D eigenvalue weighted by atomic mass is 32.1. The summed E-state index contributed by atoms with van der Waals surface area (Å²) in [6, 6.07) is 11.0. The molecule has 0 saturated carbocycles. The number of ether oxygens (including phenoxy) is 3. The van der Waals surface area contributed by atoms with Gasteiger partial charge in [0.05, 0.1) is 31.4 Å². The number of anilines is 1. The van der Waals surface area contributed by atoms with Gasteiger partial charge in [0.15, 0.2) is 5.76 Å². The van der Waals surface area contributed by atoms with Gasteiger partial charge in [-0.3, -0.25) is 14.9 Å². The number of benzene rings is 1. The van der Waals surface area contributed by atoms with E-state index in [-0.39, 0.29) is 49.6 Å². The normalized spacial score (nSPS) is 17.2. The minimum absolute atomic E-state index is 0.0601. The molecular weight excluding hydrogens is 500 g/mol. The second-order valence-corrected chi connectivity index (χ2v) is 9.07. The van der Waals surface area contributed by atoms with Crippen molar-refractivity contribution in [2.24, 2.45) is 0 Å². The van der Waals surface area contributed by atoms with E-state index in [1.54, 1.807) is 11.3 Å². The molecule has 3 aromatic rings. The lowest BCUT2D eigenvalue weighted by Gasteiger charge is -2.29. The number of pyridine rings is 1. The van der Waals surface area contributed by atoms with Gasteiger partial charge in [-0.15, -0.1) is 11.3 Å². The molecule has 11 nitrogen and oxygen atoms in total. The third-order valence-corrected chi connectivity index (χ3v) is 6.62. The zero-order valence-electron chi connectivity index (χ0n) is 20.0. The Morgan fingerprint density at radius 1 is 1.22 bits per heavy atom. The molecule has 2 aromatic heterocycles. The molecule has 12 heteroatoms. The average Bonchev–Trinajstić information content (AvgIpc) is 3.35. The largest absolute Gasteiger partial charge is 0.459 e. The molecule has 2 atom stereocenters. The van der Waals surface area contributed by atoms with Gasteiger partial charge < -0.3 is 30.0 Å². The minimum Gasteiger partial charge on any atom is -0.459 e. The zero-order chi connectivity index (χ0) is 26.0. The van der Waals surface area contributed by atoms with Gasteiger partial charge in [-0.2, -0.15) is 0 Å². The van der Waals surface area contributed by atoms with Crippen molar-refractivity contribution in [1.29, 1.82) is 0 Å². The van der Waals surface area contributed by atoms with Gasteiger partial charge in [0, 0.05) is 36.2 Å². The van der Waals surface area contributed by atoms with Crippen LogP contribution in [0.15, 0.2) is 59.8 Å². The monoisotopic (exact) mass is 528 g/mol. The van der Waals surface area contributed by atoms with Crippen molar-refractivity contribution in [1.82, 2.24) is 10.3 Å². The second-order valence-electron chi connectivity index (χ2n) is 8.16. The van der Waals surface area contributed by atoms with Crippen LogP contribution < -0.4 is 10.6 Å². The van der Waals surface area contributed by atoms with Crippen molar-refractivity contribution in [2.45, 2.75) is 18.6 Å². The van der Waals surface area contributed by atoms with Crippen LogP contribution in [0, 0.1) is 10.1 Å². The SMILES string of the molecule is O=C(NCCNc1ccc([N+](=O)[O-])cn1)C1=C[C@@H](c2csc3ccccc23)C[C@@H](OCCOCCO)O1. The molecule has 3 N–H and O–H groups in total. The van der Waals surface area contributed by atoms with Crippen molar-refractivity contribution < 1.29 is 29.0 Å². The molecule has 0 bridgehead atoms. The first kappa shape index (κ1) is 26.5. The lowest BCUT2D eigenvalue weighted by atomic mass is 9.92. The number of aromatic nitrogens is 1. The summed E-state index contributed by atoms with van der Waals surface area (Å²) >= 11 is 1.66. The Labute approximate surface area is 217 Å². The zero-order valence-corrected chi connectivity index (χ0v) is 20.8. The lowest BCUT2D eigenvalue weighted by molar-refractivity contribution is -0.385. The molecule has 1 amide bonds. The number of thiophene rings is 1. The molecule has 0 spiro atoms. The first-order valence-electron chi connectivity index (χ1n) is 11.8. The molecule has 37 heavy (non-hydrogen) atoms.